The summed E-state index contributed by atoms with van der Waals surface area (Å²) >= 11 is 0. The van der Waals surface area contributed by atoms with Crippen LogP contribution < -0.4 is 9.64 Å². The van der Waals surface area contributed by atoms with Crippen molar-refractivity contribution in [3.8, 4) is 17.6 Å². The van der Waals surface area contributed by atoms with Gasteiger partial charge in [-0.2, -0.15) is 0 Å². The average molecular weight is 399 g/mol. The molecule has 3 aromatic rings. The third kappa shape index (κ3) is 4.39. The van der Waals surface area contributed by atoms with Crippen LogP contribution >= 0.6 is 0 Å². The molecule has 1 saturated heterocycles. The van der Waals surface area contributed by atoms with E-state index in [1.807, 2.05) is 17.0 Å². The Kier molecular flexibility index (Phi) is 5.85. The Balaban J connectivity index is 1.49. The molecule has 2 aromatic heterocycles. The summed E-state index contributed by atoms with van der Waals surface area (Å²) in [5, 5.41) is 0. The molecule has 0 bridgehead atoms. The van der Waals surface area contributed by atoms with Crippen molar-refractivity contribution in [2.24, 2.45) is 0 Å². The van der Waals surface area contributed by atoms with Gasteiger partial charge in [0, 0.05) is 62.1 Å². The first-order valence-corrected chi connectivity index (χ1v) is 9.66. The van der Waals surface area contributed by atoms with Gasteiger partial charge >= 0.3 is 0 Å². The number of methoxy groups -OCH3 is 1. The maximum atomic E-state index is 13.0. The molecular weight excluding hydrogens is 378 g/mol. The highest BCUT2D eigenvalue weighted by Gasteiger charge is 2.23. The number of ether oxygens (including phenoxy) is 1. The minimum atomic E-state index is -0.0179. The van der Waals surface area contributed by atoms with Gasteiger partial charge in [-0.05, 0) is 36.4 Å². The second-order valence-electron chi connectivity index (χ2n) is 6.73. The first-order valence-electron chi connectivity index (χ1n) is 9.66. The fourth-order valence-electron chi connectivity index (χ4n) is 3.26. The number of amides is 1. The van der Waals surface area contributed by atoms with Crippen LogP contribution in [0.3, 0.4) is 0 Å². The van der Waals surface area contributed by atoms with E-state index in [4.69, 9.17) is 4.74 Å². The predicted octanol–water partition coefficient (Wildman–Crippen LogP) is 2.24. The fourth-order valence-corrected chi connectivity index (χ4v) is 3.26. The Labute approximate surface area is 175 Å². The van der Waals surface area contributed by atoms with Gasteiger partial charge in [-0.1, -0.05) is 11.8 Å². The van der Waals surface area contributed by atoms with Crippen LogP contribution in [-0.2, 0) is 0 Å². The van der Waals surface area contributed by atoms with E-state index >= 15 is 0 Å². The standard InChI is InChI=1S/C23H21N5O2/c1-30-21-8-7-20(16-19(21)6-5-18-4-2-9-24-17-18)22(29)27-12-14-28(15-13-27)23-25-10-3-11-26-23/h2-4,7-11,16-17H,12-15H2,1H3. The van der Waals surface area contributed by atoms with Gasteiger partial charge in [0.15, 0.2) is 0 Å². The number of carbonyl (C=O) groups is 1. The first-order chi connectivity index (χ1) is 14.7. The highest BCUT2D eigenvalue weighted by Crippen LogP contribution is 2.21. The summed E-state index contributed by atoms with van der Waals surface area (Å²) in [5.74, 6) is 7.48. The largest absolute Gasteiger partial charge is 0.495 e. The molecule has 30 heavy (non-hydrogen) atoms. The maximum Gasteiger partial charge on any atom is 0.254 e. The minimum absolute atomic E-state index is 0.0179. The van der Waals surface area contributed by atoms with E-state index in [2.05, 4.69) is 31.7 Å². The number of aromatic nitrogens is 3. The molecule has 1 amide bonds. The quantitative estimate of drug-likeness (QED) is 0.629. The SMILES string of the molecule is COc1ccc(C(=O)N2CCN(c3ncccn3)CC2)cc1C#Cc1cccnc1. The van der Waals surface area contributed by atoms with Crippen LogP contribution in [0.1, 0.15) is 21.5 Å². The van der Waals surface area contributed by atoms with Gasteiger partial charge < -0.3 is 14.5 Å². The van der Waals surface area contributed by atoms with Crippen LogP contribution in [0.15, 0.2) is 61.2 Å². The van der Waals surface area contributed by atoms with Crippen molar-refractivity contribution in [1.82, 2.24) is 19.9 Å². The average Bonchev–Trinajstić information content (AvgIpc) is 2.83. The molecule has 4 rings (SSSR count). The van der Waals surface area contributed by atoms with Gasteiger partial charge in [-0.25, -0.2) is 9.97 Å². The molecule has 7 heteroatoms. The molecule has 3 heterocycles. The lowest BCUT2D eigenvalue weighted by molar-refractivity contribution is 0.0746. The Bertz CT molecular complexity index is 1070. The monoisotopic (exact) mass is 399 g/mol. The Morgan fingerprint density at radius 3 is 2.50 bits per heavy atom. The number of carbonyl (C=O) groups excluding carboxylic acids is 1. The smallest absolute Gasteiger partial charge is 0.254 e. The van der Waals surface area contributed by atoms with Crippen LogP contribution in [0.4, 0.5) is 5.95 Å². The minimum Gasteiger partial charge on any atom is -0.495 e. The molecule has 1 aromatic carbocycles. The van der Waals surface area contributed by atoms with E-state index in [1.165, 1.54) is 0 Å². The molecule has 0 unspecified atom stereocenters. The molecule has 0 radical (unpaired) electrons. The summed E-state index contributed by atoms with van der Waals surface area (Å²) in [5.41, 5.74) is 2.06. The lowest BCUT2D eigenvalue weighted by Crippen LogP contribution is -2.49. The molecule has 150 valence electrons. The van der Waals surface area contributed by atoms with Crippen molar-refractivity contribution in [3.63, 3.8) is 0 Å². The number of nitrogens with zero attached hydrogens (tertiary/aromatic N) is 5. The van der Waals surface area contributed by atoms with Crippen molar-refractivity contribution in [1.29, 1.82) is 0 Å². The topological polar surface area (TPSA) is 71.5 Å². The molecule has 0 atom stereocenters. The van der Waals surface area contributed by atoms with Crippen LogP contribution in [0.2, 0.25) is 0 Å². The number of anilines is 1. The lowest BCUT2D eigenvalue weighted by Gasteiger charge is -2.34. The summed E-state index contributed by atoms with van der Waals surface area (Å²) < 4.78 is 5.41. The zero-order chi connectivity index (χ0) is 20.8. The first kappa shape index (κ1) is 19.4. The van der Waals surface area contributed by atoms with Gasteiger partial charge in [-0.15, -0.1) is 0 Å². The second kappa shape index (κ2) is 9.05. The number of hydrogen-bond donors (Lipinski definition) is 0. The maximum absolute atomic E-state index is 13.0. The molecule has 1 aliphatic rings. The van der Waals surface area contributed by atoms with E-state index < -0.39 is 0 Å². The normalized spacial score (nSPS) is 13.4. The number of pyridine rings is 1. The van der Waals surface area contributed by atoms with E-state index in [0.717, 1.165) is 5.56 Å². The van der Waals surface area contributed by atoms with Gasteiger partial charge in [0.25, 0.3) is 5.91 Å². The third-order valence-corrected chi connectivity index (χ3v) is 4.85. The van der Waals surface area contributed by atoms with Crippen molar-refractivity contribution in [2.75, 3.05) is 38.2 Å². The van der Waals surface area contributed by atoms with E-state index in [1.54, 1.807) is 56.2 Å². The van der Waals surface area contributed by atoms with E-state index in [-0.39, 0.29) is 5.91 Å². The summed E-state index contributed by atoms with van der Waals surface area (Å²) in [4.78, 5) is 29.6. The van der Waals surface area contributed by atoms with Crippen LogP contribution in [0.25, 0.3) is 0 Å². The molecule has 7 nitrogen and oxygen atoms in total. The molecule has 1 aliphatic heterocycles. The van der Waals surface area contributed by atoms with Crippen molar-refractivity contribution >= 4 is 11.9 Å². The van der Waals surface area contributed by atoms with Gasteiger partial charge in [0.1, 0.15) is 5.75 Å². The number of benzene rings is 1. The zero-order valence-electron chi connectivity index (χ0n) is 16.7. The predicted molar refractivity (Wildman–Crippen MR) is 113 cm³/mol. The Morgan fingerprint density at radius 1 is 1.00 bits per heavy atom. The molecule has 0 N–H and O–H groups in total. The van der Waals surface area contributed by atoms with Crippen LogP contribution in [0.5, 0.6) is 5.75 Å². The summed E-state index contributed by atoms with van der Waals surface area (Å²) in [6.07, 6.45) is 6.86. The molecule has 1 fully saturated rings. The fraction of sp³-hybridized carbons (Fsp3) is 0.217. The van der Waals surface area contributed by atoms with Crippen LogP contribution in [-0.4, -0.2) is 59.0 Å². The highest BCUT2D eigenvalue weighted by atomic mass is 16.5. The summed E-state index contributed by atoms with van der Waals surface area (Å²) in [7, 11) is 1.59. The van der Waals surface area contributed by atoms with Crippen molar-refractivity contribution < 1.29 is 9.53 Å². The van der Waals surface area contributed by atoms with Gasteiger partial charge in [-0.3, -0.25) is 9.78 Å². The van der Waals surface area contributed by atoms with Crippen LogP contribution in [0, 0.1) is 11.8 Å². The third-order valence-electron chi connectivity index (χ3n) is 4.85. The number of piperazine rings is 1. The zero-order valence-corrected chi connectivity index (χ0v) is 16.7. The molecule has 0 spiro atoms. The van der Waals surface area contributed by atoms with Crippen molar-refractivity contribution in [2.45, 2.75) is 0 Å². The summed E-state index contributed by atoms with van der Waals surface area (Å²) in [6.45, 7) is 2.61. The Hall–Kier alpha value is -3.92. The second-order valence-corrected chi connectivity index (χ2v) is 6.73. The van der Waals surface area contributed by atoms with Gasteiger partial charge in [0.2, 0.25) is 5.95 Å². The van der Waals surface area contributed by atoms with E-state index in [0.29, 0.717) is 49.0 Å². The molecule has 0 saturated carbocycles. The lowest BCUT2D eigenvalue weighted by atomic mass is 10.1. The Morgan fingerprint density at radius 2 is 1.80 bits per heavy atom. The molecular formula is C23H21N5O2. The molecule has 0 aliphatic carbocycles. The van der Waals surface area contributed by atoms with Gasteiger partial charge in [0.05, 0.1) is 12.7 Å². The van der Waals surface area contributed by atoms with Crippen molar-refractivity contribution in [3.05, 3.63) is 77.9 Å². The van der Waals surface area contributed by atoms with E-state index in [9.17, 15) is 4.79 Å². The number of hydrogen-bond acceptors (Lipinski definition) is 6. The highest BCUT2D eigenvalue weighted by molar-refractivity contribution is 5.95. The number of rotatable bonds is 3. The summed E-state index contributed by atoms with van der Waals surface area (Å²) in [6, 6.07) is 10.9.